The van der Waals surface area contributed by atoms with Gasteiger partial charge in [0.05, 0.1) is 13.4 Å². The molecule has 0 unspecified atom stereocenters. The Hall–Kier alpha value is -0.800. The summed E-state index contributed by atoms with van der Waals surface area (Å²) in [5.74, 6) is 6.51. The minimum absolute atomic E-state index is 1.06. The Morgan fingerprint density at radius 1 is 0.857 bits per heavy atom. The second-order valence-corrected chi connectivity index (χ2v) is 8.76. The van der Waals surface area contributed by atoms with Crippen molar-refractivity contribution in [2.75, 3.05) is 19.0 Å². The molecule has 0 saturated heterocycles. The summed E-state index contributed by atoms with van der Waals surface area (Å²) in [6, 6.07) is 8.34. The van der Waals surface area contributed by atoms with Gasteiger partial charge in [0.2, 0.25) is 0 Å². The van der Waals surface area contributed by atoms with Crippen LogP contribution >= 0.6 is 47.0 Å². The maximum absolute atomic E-state index is 3.27. The fraction of sp³-hybridized carbons (Fsp3) is 0.125. The smallest absolute Gasteiger partial charge is 0.0707 e. The van der Waals surface area contributed by atoms with Crippen LogP contribution in [0.5, 0.6) is 0 Å². The summed E-state index contributed by atoms with van der Waals surface area (Å²) in [6.07, 6.45) is 0. The van der Waals surface area contributed by atoms with Crippen molar-refractivity contribution in [3.05, 3.63) is 59.4 Å². The van der Waals surface area contributed by atoms with Gasteiger partial charge in [-0.2, -0.15) is 0 Å². The highest BCUT2D eigenvalue weighted by Gasteiger charge is 2.17. The Morgan fingerprint density at radius 3 is 2.24 bits per heavy atom. The molecule has 1 aromatic rings. The van der Waals surface area contributed by atoms with Crippen LogP contribution < -0.4 is 4.90 Å². The Morgan fingerprint density at radius 2 is 1.57 bits per heavy atom. The van der Waals surface area contributed by atoms with Crippen LogP contribution in [-0.4, -0.2) is 14.1 Å². The maximum atomic E-state index is 3.27. The van der Waals surface area contributed by atoms with E-state index in [1.165, 1.54) is 14.2 Å². The van der Waals surface area contributed by atoms with Crippen LogP contribution in [0.1, 0.15) is 5.56 Å². The summed E-state index contributed by atoms with van der Waals surface area (Å²) < 4.78 is 2.72. The largest absolute Gasteiger partial charge is 0.378 e. The maximum Gasteiger partial charge on any atom is 0.0707 e. The van der Waals surface area contributed by atoms with E-state index in [4.69, 9.17) is 0 Å². The lowest BCUT2D eigenvalue weighted by Gasteiger charge is -2.11. The lowest BCUT2D eigenvalue weighted by molar-refractivity contribution is 1.13. The Kier molecular flexibility index (Phi) is 5.02. The van der Waals surface area contributed by atoms with Crippen molar-refractivity contribution in [1.82, 2.24) is 0 Å². The molecule has 21 heavy (non-hydrogen) atoms. The normalized spacial score (nSPS) is 16.8. The molecule has 2 aliphatic heterocycles. The van der Waals surface area contributed by atoms with Crippen molar-refractivity contribution < 1.29 is 0 Å². The van der Waals surface area contributed by atoms with Crippen LogP contribution in [0.25, 0.3) is 0 Å². The Balaban J connectivity index is 1.67. The SMILES string of the molecule is CN(C)c1ccc(C#CC2=CSC(=C3SC=CS3)S2)cc1. The van der Waals surface area contributed by atoms with Crippen molar-refractivity contribution in [2.45, 2.75) is 0 Å². The minimum atomic E-state index is 1.06. The second kappa shape index (κ2) is 6.97. The van der Waals surface area contributed by atoms with E-state index in [0.29, 0.717) is 0 Å². The third kappa shape index (κ3) is 3.89. The zero-order chi connectivity index (χ0) is 14.7. The van der Waals surface area contributed by atoms with E-state index in [1.807, 2.05) is 14.1 Å². The summed E-state index contributed by atoms with van der Waals surface area (Å²) in [4.78, 5) is 3.22. The first kappa shape index (κ1) is 15.1. The van der Waals surface area contributed by atoms with E-state index < -0.39 is 0 Å². The van der Waals surface area contributed by atoms with Crippen LogP contribution in [0, 0.1) is 11.8 Å². The number of hydrogen-bond donors (Lipinski definition) is 0. The average Bonchev–Trinajstić information content (AvgIpc) is 3.16. The fourth-order valence-corrected chi connectivity index (χ4v) is 5.93. The van der Waals surface area contributed by atoms with Crippen LogP contribution in [0.15, 0.2) is 53.9 Å². The van der Waals surface area contributed by atoms with Gasteiger partial charge in [-0.1, -0.05) is 58.9 Å². The van der Waals surface area contributed by atoms with Gasteiger partial charge in [0.25, 0.3) is 0 Å². The lowest BCUT2D eigenvalue weighted by atomic mass is 10.2. The van der Waals surface area contributed by atoms with Gasteiger partial charge in [-0.15, -0.1) is 0 Å². The molecule has 1 nitrogen and oxygen atoms in total. The van der Waals surface area contributed by atoms with Crippen LogP contribution in [0.3, 0.4) is 0 Å². The fourth-order valence-electron chi connectivity index (χ4n) is 1.68. The average molecular weight is 348 g/mol. The second-order valence-electron chi connectivity index (χ2n) is 4.48. The van der Waals surface area contributed by atoms with Crippen molar-refractivity contribution >= 4 is 52.7 Å². The summed E-state index contributed by atoms with van der Waals surface area (Å²) in [5, 5.41) is 6.40. The molecule has 0 spiro atoms. The standard InChI is InChI=1S/C16H13NS4/c1-17(2)13-6-3-12(4-7-13)5-8-14-11-20-16(21-14)15-18-9-10-19-15/h3-4,6-7,9-11H,1-2H3. The first-order valence-corrected chi connectivity index (χ1v) is 9.74. The predicted octanol–water partition coefficient (Wildman–Crippen LogP) is 5.50. The van der Waals surface area contributed by atoms with Crippen molar-refractivity contribution in [3.63, 3.8) is 0 Å². The third-order valence-electron chi connectivity index (χ3n) is 2.76. The zero-order valence-corrected chi connectivity index (χ0v) is 14.9. The Labute approximate surface area is 142 Å². The highest BCUT2D eigenvalue weighted by molar-refractivity contribution is 8.33. The molecule has 0 fully saturated rings. The highest BCUT2D eigenvalue weighted by Crippen LogP contribution is 2.52. The third-order valence-corrected chi connectivity index (χ3v) is 7.70. The van der Waals surface area contributed by atoms with Gasteiger partial charge in [-0.25, -0.2) is 0 Å². The highest BCUT2D eigenvalue weighted by atomic mass is 32.2. The molecule has 0 bridgehead atoms. The first-order valence-electron chi connectivity index (χ1n) is 6.29. The van der Waals surface area contributed by atoms with E-state index in [2.05, 4.69) is 57.2 Å². The monoisotopic (exact) mass is 347 g/mol. The molecule has 0 saturated carbocycles. The van der Waals surface area contributed by atoms with Crippen molar-refractivity contribution in [1.29, 1.82) is 0 Å². The predicted molar refractivity (Wildman–Crippen MR) is 102 cm³/mol. The number of thioether (sulfide) groups is 4. The number of hydrogen-bond acceptors (Lipinski definition) is 5. The zero-order valence-electron chi connectivity index (χ0n) is 11.6. The number of nitrogens with zero attached hydrogens (tertiary/aromatic N) is 1. The molecular weight excluding hydrogens is 334 g/mol. The van der Waals surface area contributed by atoms with Gasteiger partial charge < -0.3 is 4.90 Å². The molecule has 0 aliphatic carbocycles. The summed E-state index contributed by atoms with van der Waals surface area (Å²) in [6.45, 7) is 0. The van der Waals surface area contributed by atoms with E-state index in [9.17, 15) is 0 Å². The van der Waals surface area contributed by atoms with Gasteiger partial charge in [0.15, 0.2) is 0 Å². The molecule has 2 aliphatic rings. The number of rotatable bonds is 1. The van der Waals surface area contributed by atoms with E-state index >= 15 is 0 Å². The molecule has 5 heteroatoms. The van der Waals surface area contributed by atoms with Crippen LogP contribution in [-0.2, 0) is 0 Å². The van der Waals surface area contributed by atoms with Crippen LogP contribution in [0.2, 0.25) is 0 Å². The lowest BCUT2D eigenvalue weighted by Crippen LogP contribution is -2.07. The number of allylic oxidation sites excluding steroid dienone is 1. The van der Waals surface area contributed by atoms with Gasteiger partial charge in [0.1, 0.15) is 0 Å². The molecule has 0 N–H and O–H groups in total. The number of benzene rings is 1. The first-order chi connectivity index (χ1) is 10.2. The van der Waals surface area contributed by atoms with E-state index in [-0.39, 0.29) is 0 Å². The Bertz CT molecular complexity index is 677. The van der Waals surface area contributed by atoms with Gasteiger partial charge in [0, 0.05) is 25.3 Å². The molecule has 0 aromatic heterocycles. The van der Waals surface area contributed by atoms with Crippen LogP contribution in [0.4, 0.5) is 5.69 Å². The molecule has 0 amide bonds. The summed E-state index contributed by atoms with van der Waals surface area (Å²) in [5.41, 5.74) is 2.25. The summed E-state index contributed by atoms with van der Waals surface area (Å²) in [7, 11) is 4.08. The van der Waals surface area contributed by atoms with Gasteiger partial charge in [-0.3, -0.25) is 0 Å². The molecule has 0 atom stereocenters. The van der Waals surface area contributed by atoms with E-state index in [1.54, 1.807) is 47.0 Å². The van der Waals surface area contributed by atoms with Crippen molar-refractivity contribution in [3.8, 4) is 11.8 Å². The van der Waals surface area contributed by atoms with Crippen molar-refractivity contribution in [2.24, 2.45) is 0 Å². The summed E-state index contributed by atoms with van der Waals surface area (Å²) >= 11 is 7.14. The quantitative estimate of drug-likeness (QED) is 0.615. The van der Waals surface area contributed by atoms with E-state index in [0.717, 1.165) is 10.5 Å². The molecule has 3 rings (SSSR count). The van der Waals surface area contributed by atoms with Gasteiger partial charge in [-0.05, 0) is 40.5 Å². The molecule has 2 heterocycles. The molecule has 1 aromatic carbocycles. The topological polar surface area (TPSA) is 3.24 Å². The molecular formula is C16H13NS4. The molecule has 106 valence electrons. The minimum Gasteiger partial charge on any atom is -0.378 e. The molecule has 0 radical (unpaired) electrons. The van der Waals surface area contributed by atoms with Gasteiger partial charge >= 0.3 is 0 Å². The number of anilines is 1.